The van der Waals surface area contributed by atoms with Gasteiger partial charge in [0.05, 0.1) is 22.1 Å². The van der Waals surface area contributed by atoms with Gasteiger partial charge >= 0.3 is 0 Å². The summed E-state index contributed by atoms with van der Waals surface area (Å²) in [5.74, 6) is -0.436. The Kier molecular flexibility index (Phi) is 5.22. The number of hydrogen-bond donors (Lipinski definition) is 0. The lowest BCUT2D eigenvalue weighted by Crippen LogP contribution is -2.19. The number of Topliss-reactive ketones (excluding diaryl/α,β-unsaturated/α-hetero) is 1. The standard InChI is InChI=1S/C23H21N3O2S/c1-25-18-8-10-20(11-9-18)29(28,26-15-24)14-19(27)13-23-21-6-2-4-16(21)12-17-5-3-7-22(17)23/h8-12H,2-7,13-14H2. The van der Waals surface area contributed by atoms with E-state index < -0.39 is 9.73 Å². The minimum Gasteiger partial charge on any atom is -0.298 e. The second kappa shape index (κ2) is 7.81. The summed E-state index contributed by atoms with van der Waals surface area (Å²) in [6.45, 7) is 7.03. The summed E-state index contributed by atoms with van der Waals surface area (Å²) >= 11 is 0. The number of carbonyl (C=O) groups is 1. The van der Waals surface area contributed by atoms with E-state index in [1.807, 2.05) is 0 Å². The first-order valence-electron chi connectivity index (χ1n) is 9.81. The van der Waals surface area contributed by atoms with Crippen LogP contribution in [0.15, 0.2) is 39.6 Å². The zero-order chi connectivity index (χ0) is 20.4. The van der Waals surface area contributed by atoms with Crippen LogP contribution in [0.5, 0.6) is 0 Å². The highest BCUT2D eigenvalue weighted by atomic mass is 32.2. The summed E-state index contributed by atoms with van der Waals surface area (Å²) in [6, 6.07) is 8.46. The molecule has 0 aromatic heterocycles. The van der Waals surface area contributed by atoms with Crippen LogP contribution < -0.4 is 0 Å². The van der Waals surface area contributed by atoms with E-state index in [9.17, 15) is 9.00 Å². The Morgan fingerprint density at radius 1 is 1.10 bits per heavy atom. The molecular weight excluding hydrogens is 382 g/mol. The minimum absolute atomic E-state index is 0.155. The molecular formula is C23H21N3O2S. The van der Waals surface area contributed by atoms with Crippen LogP contribution in [0.2, 0.25) is 0 Å². The van der Waals surface area contributed by atoms with E-state index in [4.69, 9.17) is 11.8 Å². The maximum absolute atomic E-state index is 13.4. The van der Waals surface area contributed by atoms with E-state index in [0.29, 0.717) is 10.6 Å². The van der Waals surface area contributed by atoms with E-state index in [0.717, 1.165) is 44.1 Å². The number of benzene rings is 2. The van der Waals surface area contributed by atoms with Gasteiger partial charge in [-0.2, -0.15) is 5.26 Å². The first kappa shape index (κ1) is 19.4. The average molecular weight is 404 g/mol. The van der Waals surface area contributed by atoms with Gasteiger partial charge < -0.3 is 0 Å². The van der Waals surface area contributed by atoms with Crippen LogP contribution >= 0.6 is 0 Å². The second-order valence-corrected chi connectivity index (χ2v) is 9.86. The lowest BCUT2D eigenvalue weighted by Gasteiger charge is -2.15. The summed E-state index contributed by atoms with van der Waals surface area (Å²) in [7, 11) is -3.18. The Labute approximate surface area is 171 Å². The second-order valence-electron chi connectivity index (χ2n) is 7.63. The Morgan fingerprint density at radius 3 is 2.28 bits per heavy atom. The van der Waals surface area contributed by atoms with Crippen molar-refractivity contribution in [2.75, 3.05) is 5.75 Å². The Morgan fingerprint density at radius 2 is 1.72 bits per heavy atom. The molecule has 0 saturated carbocycles. The molecule has 5 nitrogen and oxygen atoms in total. The third-order valence-corrected chi connectivity index (χ3v) is 7.95. The Balaban J connectivity index is 1.64. The number of nitrogens with zero attached hydrogens (tertiary/aromatic N) is 3. The molecule has 0 saturated heterocycles. The van der Waals surface area contributed by atoms with Gasteiger partial charge in [0.2, 0.25) is 6.19 Å². The lowest BCUT2D eigenvalue weighted by atomic mass is 9.91. The smallest absolute Gasteiger partial charge is 0.214 e. The number of aryl methyl sites for hydroxylation is 2. The van der Waals surface area contributed by atoms with E-state index in [1.165, 1.54) is 46.5 Å². The van der Waals surface area contributed by atoms with Crippen molar-refractivity contribution in [1.29, 1.82) is 5.26 Å². The maximum Gasteiger partial charge on any atom is 0.214 e. The lowest BCUT2D eigenvalue weighted by molar-refractivity contribution is -0.116. The molecule has 0 fully saturated rings. The highest BCUT2D eigenvalue weighted by Gasteiger charge is 2.26. The minimum atomic E-state index is -3.18. The van der Waals surface area contributed by atoms with Gasteiger partial charge in [-0.15, -0.1) is 4.36 Å². The molecule has 0 heterocycles. The molecule has 0 amide bonds. The van der Waals surface area contributed by atoms with Crippen LogP contribution in [-0.2, 0) is 46.6 Å². The van der Waals surface area contributed by atoms with Gasteiger partial charge in [0.15, 0.2) is 11.5 Å². The molecule has 2 aromatic carbocycles. The monoisotopic (exact) mass is 403 g/mol. The molecule has 0 radical (unpaired) electrons. The fraction of sp³-hybridized carbons (Fsp3) is 0.348. The number of hydrogen-bond acceptors (Lipinski definition) is 4. The van der Waals surface area contributed by atoms with Crippen LogP contribution in [0.25, 0.3) is 4.85 Å². The third kappa shape index (κ3) is 3.69. The largest absolute Gasteiger partial charge is 0.298 e. The molecule has 146 valence electrons. The summed E-state index contributed by atoms with van der Waals surface area (Å²) in [4.78, 5) is 16.6. The zero-order valence-electron chi connectivity index (χ0n) is 16.1. The van der Waals surface area contributed by atoms with Crippen molar-refractivity contribution in [3.05, 3.63) is 69.6 Å². The molecule has 1 atom stereocenters. The molecule has 2 aliphatic rings. The van der Waals surface area contributed by atoms with Crippen LogP contribution in [0.4, 0.5) is 5.69 Å². The van der Waals surface area contributed by atoms with Gasteiger partial charge in [-0.1, -0.05) is 30.3 Å². The van der Waals surface area contributed by atoms with E-state index >= 15 is 0 Å². The highest BCUT2D eigenvalue weighted by molar-refractivity contribution is 7.94. The molecule has 0 N–H and O–H groups in total. The van der Waals surface area contributed by atoms with Crippen LogP contribution in [0.1, 0.15) is 40.7 Å². The third-order valence-electron chi connectivity index (χ3n) is 5.85. The predicted octanol–water partition coefficient (Wildman–Crippen LogP) is 4.33. The van der Waals surface area contributed by atoms with Crippen molar-refractivity contribution in [2.45, 2.75) is 49.8 Å². The van der Waals surface area contributed by atoms with Gasteiger partial charge in [0, 0.05) is 11.3 Å². The first-order valence-corrected chi connectivity index (χ1v) is 11.5. The molecule has 0 spiro atoms. The van der Waals surface area contributed by atoms with Gasteiger partial charge in [0.25, 0.3) is 0 Å². The molecule has 6 heteroatoms. The fourth-order valence-corrected chi connectivity index (χ4v) is 6.15. The van der Waals surface area contributed by atoms with Crippen molar-refractivity contribution in [3.8, 4) is 6.19 Å². The first-order chi connectivity index (χ1) is 14.0. The number of ketones is 1. The Bertz CT molecular complexity index is 1160. The topological polar surface area (TPSA) is 74.7 Å². The van der Waals surface area contributed by atoms with Gasteiger partial charge in [-0.25, -0.2) is 9.05 Å². The van der Waals surface area contributed by atoms with Gasteiger partial charge in [-0.05, 0) is 66.3 Å². The van der Waals surface area contributed by atoms with Crippen molar-refractivity contribution in [3.63, 3.8) is 0 Å². The molecule has 0 bridgehead atoms. The predicted molar refractivity (Wildman–Crippen MR) is 111 cm³/mol. The molecule has 29 heavy (non-hydrogen) atoms. The highest BCUT2D eigenvalue weighted by Crippen LogP contribution is 2.35. The molecule has 2 aromatic rings. The van der Waals surface area contributed by atoms with E-state index in [2.05, 4.69) is 15.3 Å². The normalized spacial score (nSPS) is 16.2. The molecule has 1 unspecified atom stereocenters. The molecule has 2 aliphatic carbocycles. The summed E-state index contributed by atoms with van der Waals surface area (Å²) in [6.07, 6.45) is 8.25. The van der Waals surface area contributed by atoms with Crippen LogP contribution in [0, 0.1) is 18.0 Å². The van der Waals surface area contributed by atoms with Gasteiger partial charge in [-0.3, -0.25) is 4.79 Å². The number of rotatable bonds is 5. The zero-order valence-corrected chi connectivity index (χ0v) is 16.9. The number of nitriles is 1. The number of fused-ring (bicyclic) bond motifs is 2. The van der Waals surface area contributed by atoms with Crippen molar-refractivity contribution < 1.29 is 9.00 Å². The quantitative estimate of drug-likeness (QED) is 0.551. The van der Waals surface area contributed by atoms with Gasteiger partial charge in [0.1, 0.15) is 0 Å². The Hall–Kier alpha value is -2.96. The van der Waals surface area contributed by atoms with Crippen LogP contribution in [0.3, 0.4) is 0 Å². The summed E-state index contributed by atoms with van der Waals surface area (Å²) in [5, 5.41) is 9.06. The van der Waals surface area contributed by atoms with Crippen molar-refractivity contribution >= 4 is 21.2 Å². The SMILES string of the molecule is [C-]#[N+]c1ccc(S(=O)(CC(=O)Cc2c3c(cc4c2CCC4)CCC3)=NC#N)cc1. The number of carbonyl (C=O) groups excluding carboxylic acids is 1. The fourth-order valence-electron chi connectivity index (χ4n) is 4.58. The van der Waals surface area contributed by atoms with Crippen molar-refractivity contribution in [1.82, 2.24) is 0 Å². The van der Waals surface area contributed by atoms with E-state index in [-0.39, 0.29) is 18.0 Å². The van der Waals surface area contributed by atoms with Crippen LogP contribution in [-0.4, -0.2) is 15.7 Å². The van der Waals surface area contributed by atoms with E-state index in [1.54, 1.807) is 6.19 Å². The maximum atomic E-state index is 13.4. The average Bonchev–Trinajstić information content (AvgIpc) is 3.37. The molecule has 0 aliphatic heterocycles. The summed E-state index contributed by atoms with van der Waals surface area (Å²) in [5.41, 5.74) is 6.90. The summed E-state index contributed by atoms with van der Waals surface area (Å²) < 4.78 is 17.0. The molecule has 4 rings (SSSR count). The van der Waals surface area contributed by atoms with Crippen molar-refractivity contribution in [2.24, 2.45) is 4.36 Å².